The molecule has 1 aliphatic rings. The number of phenols is 1. The summed E-state index contributed by atoms with van der Waals surface area (Å²) in [6, 6.07) is 7.69. The van der Waals surface area contributed by atoms with Crippen LogP contribution < -0.4 is 10.1 Å². The fraction of sp³-hybridized carbons (Fsp3) is 0.409. The number of aromatic hydroxyl groups is 1. The van der Waals surface area contributed by atoms with E-state index in [1.165, 1.54) is 24.3 Å². The Bertz CT molecular complexity index is 894. The van der Waals surface area contributed by atoms with Gasteiger partial charge in [-0.25, -0.2) is 4.39 Å². The molecule has 6 heteroatoms. The van der Waals surface area contributed by atoms with Crippen molar-refractivity contribution in [1.29, 1.82) is 0 Å². The van der Waals surface area contributed by atoms with Crippen LogP contribution in [-0.4, -0.2) is 22.7 Å². The Labute approximate surface area is 164 Å². The average Bonchev–Trinajstić information content (AvgIpc) is 2.61. The van der Waals surface area contributed by atoms with E-state index in [0.717, 1.165) is 17.5 Å². The number of aliphatic hydroxyl groups excluding tert-OH is 1. The lowest BCUT2D eigenvalue weighted by Crippen LogP contribution is -2.26. The molecule has 0 aromatic heterocycles. The van der Waals surface area contributed by atoms with Gasteiger partial charge in [-0.2, -0.15) is 0 Å². The minimum absolute atomic E-state index is 0.0419. The topological polar surface area (TPSA) is 78.8 Å². The Morgan fingerprint density at radius 1 is 1.29 bits per heavy atom. The Kier molecular flexibility index (Phi) is 5.61. The number of ether oxygens (including phenoxy) is 1. The van der Waals surface area contributed by atoms with E-state index in [1.807, 2.05) is 13.0 Å². The second-order valence-electron chi connectivity index (χ2n) is 8.21. The highest BCUT2D eigenvalue weighted by atomic mass is 19.1. The van der Waals surface area contributed by atoms with Crippen LogP contribution in [0.5, 0.6) is 11.5 Å². The number of aryl methyl sites for hydroxylation is 1. The normalized spacial score (nSPS) is 14.8. The van der Waals surface area contributed by atoms with E-state index >= 15 is 0 Å². The number of carbonyl (C=O) groups is 1. The monoisotopic (exact) mass is 387 g/mol. The van der Waals surface area contributed by atoms with Crippen molar-refractivity contribution in [2.75, 3.05) is 11.9 Å². The summed E-state index contributed by atoms with van der Waals surface area (Å²) in [6.45, 7) is 6.00. The van der Waals surface area contributed by atoms with Crippen molar-refractivity contribution in [2.45, 2.75) is 46.1 Å². The van der Waals surface area contributed by atoms with Gasteiger partial charge in [-0.05, 0) is 60.9 Å². The lowest BCUT2D eigenvalue weighted by Gasteiger charge is -2.28. The van der Waals surface area contributed by atoms with Crippen molar-refractivity contribution in [3.63, 3.8) is 0 Å². The number of fused-ring (bicyclic) bond motifs is 1. The predicted octanol–water partition coefficient (Wildman–Crippen LogP) is 4.25. The summed E-state index contributed by atoms with van der Waals surface area (Å²) in [5.74, 6) is -0.179. The first-order valence-corrected chi connectivity index (χ1v) is 9.37. The molecule has 1 amide bonds. The van der Waals surface area contributed by atoms with Gasteiger partial charge in [-0.1, -0.05) is 19.9 Å². The second kappa shape index (κ2) is 7.80. The van der Waals surface area contributed by atoms with E-state index < -0.39 is 6.10 Å². The maximum atomic E-state index is 13.3. The summed E-state index contributed by atoms with van der Waals surface area (Å²) >= 11 is 0. The van der Waals surface area contributed by atoms with Gasteiger partial charge in [-0.3, -0.25) is 4.79 Å². The van der Waals surface area contributed by atoms with Crippen molar-refractivity contribution in [2.24, 2.45) is 5.41 Å². The Morgan fingerprint density at radius 2 is 2.04 bits per heavy atom. The second-order valence-corrected chi connectivity index (χ2v) is 8.21. The van der Waals surface area contributed by atoms with Crippen molar-refractivity contribution < 1.29 is 24.1 Å². The zero-order chi connectivity index (χ0) is 20.5. The highest BCUT2D eigenvalue weighted by Gasteiger charge is 2.26. The number of nitrogens with one attached hydrogen (secondary N) is 1. The predicted molar refractivity (Wildman–Crippen MR) is 105 cm³/mol. The summed E-state index contributed by atoms with van der Waals surface area (Å²) in [7, 11) is 0. The Morgan fingerprint density at radius 3 is 2.75 bits per heavy atom. The van der Waals surface area contributed by atoms with Crippen LogP contribution in [0.2, 0.25) is 0 Å². The lowest BCUT2D eigenvalue weighted by molar-refractivity contribution is -0.118. The van der Waals surface area contributed by atoms with Crippen molar-refractivity contribution in [1.82, 2.24) is 0 Å². The summed E-state index contributed by atoms with van der Waals surface area (Å²) in [5, 5.41) is 23.3. The molecule has 5 nitrogen and oxygen atoms in total. The van der Waals surface area contributed by atoms with Crippen molar-refractivity contribution >= 4 is 11.6 Å². The first kappa shape index (κ1) is 20.1. The molecule has 0 bridgehead atoms. The highest BCUT2D eigenvalue weighted by molar-refractivity contribution is 5.96. The molecule has 0 aliphatic carbocycles. The highest BCUT2D eigenvalue weighted by Crippen LogP contribution is 2.41. The Balaban J connectivity index is 1.71. The van der Waals surface area contributed by atoms with E-state index in [0.29, 0.717) is 29.8 Å². The molecule has 3 N–H and O–H groups in total. The lowest BCUT2D eigenvalue weighted by atomic mass is 9.79. The van der Waals surface area contributed by atoms with E-state index in [-0.39, 0.29) is 29.5 Å². The first-order chi connectivity index (χ1) is 13.1. The zero-order valence-corrected chi connectivity index (χ0v) is 16.4. The zero-order valence-electron chi connectivity index (χ0n) is 16.4. The van der Waals surface area contributed by atoms with Crippen LogP contribution in [0, 0.1) is 18.2 Å². The molecule has 0 fully saturated rings. The van der Waals surface area contributed by atoms with Gasteiger partial charge in [0.05, 0.1) is 11.8 Å². The van der Waals surface area contributed by atoms with Gasteiger partial charge in [0.2, 0.25) is 0 Å². The summed E-state index contributed by atoms with van der Waals surface area (Å²) in [6.07, 6.45) is 1.09. The molecule has 0 radical (unpaired) electrons. The van der Waals surface area contributed by atoms with Gasteiger partial charge < -0.3 is 20.3 Å². The van der Waals surface area contributed by atoms with Gasteiger partial charge in [0.15, 0.2) is 6.61 Å². The van der Waals surface area contributed by atoms with Crippen LogP contribution >= 0.6 is 0 Å². The van der Waals surface area contributed by atoms with Crippen molar-refractivity contribution in [3.8, 4) is 11.5 Å². The number of aliphatic hydroxyl groups is 1. The molecule has 28 heavy (non-hydrogen) atoms. The number of rotatable bonds is 6. The first-order valence-electron chi connectivity index (χ1n) is 9.37. The third-order valence-corrected chi connectivity index (χ3v) is 5.15. The molecule has 3 rings (SSSR count). The summed E-state index contributed by atoms with van der Waals surface area (Å²) in [4.78, 5) is 11.5. The number of phenolic OH excluding ortho intramolecular Hbond substituents is 1. The minimum atomic E-state index is -0.843. The molecule has 1 atom stereocenters. The molecule has 1 unspecified atom stereocenters. The maximum absolute atomic E-state index is 13.3. The fourth-order valence-corrected chi connectivity index (χ4v) is 3.61. The van der Waals surface area contributed by atoms with E-state index in [1.54, 1.807) is 0 Å². The van der Waals surface area contributed by atoms with E-state index in [2.05, 4.69) is 19.2 Å². The summed E-state index contributed by atoms with van der Waals surface area (Å²) in [5.41, 5.74) is 2.71. The molecule has 2 aromatic rings. The van der Waals surface area contributed by atoms with Gasteiger partial charge in [0, 0.05) is 11.6 Å². The molecule has 2 aromatic carbocycles. The maximum Gasteiger partial charge on any atom is 0.262 e. The molecule has 0 spiro atoms. The quantitative estimate of drug-likeness (QED) is 0.692. The van der Waals surface area contributed by atoms with Crippen LogP contribution in [0.1, 0.15) is 49.5 Å². The van der Waals surface area contributed by atoms with Crippen molar-refractivity contribution in [3.05, 3.63) is 52.8 Å². The van der Waals surface area contributed by atoms with Crippen LogP contribution in [0.25, 0.3) is 0 Å². The van der Waals surface area contributed by atoms with Gasteiger partial charge in [0.25, 0.3) is 5.91 Å². The molecule has 1 heterocycles. The van der Waals surface area contributed by atoms with Crippen LogP contribution in [0.3, 0.4) is 0 Å². The SMILES string of the molecule is Cc1cc(F)ccc1CC(C)(C)CCC(O)c1cc(O)cc2c1OCC(=O)N2. The Hall–Kier alpha value is -2.60. The molecular weight excluding hydrogens is 361 g/mol. The smallest absolute Gasteiger partial charge is 0.262 e. The van der Waals surface area contributed by atoms with Crippen LogP contribution in [0.15, 0.2) is 30.3 Å². The fourth-order valence-electron chi connectivity index (χ4n) is 3.61. The molecule has 0 saturated carbocycles. The number of halogens is 1. The molecular formula is C22H26FNO4. The number of carbonyl (C=O) groups excluding carboxylic acids is 1. The van der Waals surface area contributed by atoms with Crippen LogP contribution in [-0.2, 0) is 11.2 Å². The number of hydrogen-bond donors (Lipinski definition) is 3. The standard InChI is InChI=1S/C22H26FNO4/c1-13-8-15(23)5-4-14(13)11-22(2,3)7-6-19(26)17-9-16(25)10-18-21(17)28-12-20(27)24-18/h4-5,8-10,19,25-26H,6-7,11-12H2,1-3H3,(H,24,27). The van der Waals surface area contributed by atoms with Gasteiger partial charge >= 0.3 is 0 Å². The van der Waals surface area contributed by atoms with Gasteiger partial charge in [0.1, 0.15) is 17.3 Å². The summed E-state index contributed by atoms with van der Waals surface area (Å²) < 4.78 is 18.8. The average molecular weight is 387 g/mol. The number of hydrogen-bond acceptors (Lipinski definition) is 4. The van der Waals surface area contributed by atoms with E-state index in [9.17, 15) is 19.4 Å². The number of anilines is 1. The molecule has 1 aliphatic heterocycles. The number of amides is 1. The number of benzene rings is 2. The van der Waals surface area contributed by atoms with E-state index in [4.69, 9.17) is 4.74 Å². The third kappa shape index (κ3) is 4.62. The van der Waals surface area contributed by atoms with Gasteiger partial charge in [-0.15, -0.1) is 0 Å². The molecule has 150 valence electrons. The minimum Gasteiger partial charge on any atom is -0.508 e. The third-order valence-electron chi connectivity index (χ3n) is 5.15. The largest absolute Gasteiger partial charge is 0.508 e. The van der Waals surface area contributed by atoms with Crippen LogP contribution in [0.4, 0.5) is 10.1 Å². The molecule has 0 saturated heterocycles.